The molecule has 0 aliphatic rings. The Bertz CT molecular complexity index is 447. The second kappa shape index (κ2) is 5.29. The van der Waals surface area contributed by atoms with Crippen LogP contribution in [0.2, 0.25) is 0 Å². The van der Waals surface area contributed by atoms with Crippen LogP contribution in [0.5, 0.6) is 0 Å². The van der Waals surface area contributed by atoms with E-state index in [1.54, 1.807) is 0 Å². The fourth-order valence-electron chi connectivity index (χ4n) is 1.22. The van der Waals surface area contributed by atoms with Crippen molar-refractivity contribution in [2.24, 2.45) is 0 Å². The van der Waals surface area contributed by atoms with Crippen molar-refractivity contribution >= 4 is 17.6 Å². The van der Waals surface area contributed by atoms with Gasteiger partial charge in [0.2, 0.25) is 0 Å². The minimum absolute atomic E-state index is 0.0852. The Balaban J connectivity index is 3.07. The Labute approximate surface area is 97.2 Å². The summed E-state index contributed by atoms with van der Waals surface area (Å²) in [4.78, 5) is 22.0. The highest BCUT2D eigenvalue weighted by Crippen LogP contribution is 2.19. The summed E-state index contributed by atoms with van der Waals surface area (Å²) >= 11 is 0. The standard InChI is InChI=1S/C11H12FNO4/c1-6(10(14)15)13-9-5-7(12)3-4-8(9)11(16)17-2/h3-6,13H,1-2H3,(H,14,15). The first-order valence-corrected chi connectivity index (χ1v) is 4.83. The predicted molar refractivity (Wildman–Crippen MR) is 58.5 cm³/mol. The number of halogens is 1. The van der Waals surface area contributed by atoms with Crippen LogP contribution < -0.4 is 5.32 Å². The Hall–Kier alpha value is -2.11. The van der Waals surface area contributed by atoms with E-state index in [9.17, 15) is 14.0 Å². The molecule has 0 bridgehead atoms. The number of carboxylic acid groups (broad SMARTS) is 1. The summed E-state index contributed by atoms with van der Waals surface area (Å²) in [5.41, 5.74) is 0.175. The van der Waals surface area contributed by atoms with Crippen LogP contribution in [-0.4, -0.2) is 30.2 Å². The van der Waals surface area contributed by atoms with Gasteiger partial charge in [-0.3, -0.25) is 4.79 Å². The number of rotatable bonds is 4. The Morgan fingerprint density at radius 1 is 1.47 bits per heavy atom. The van der Waals surface area contributed by atoms with Crippen molar-refractivity contribution < 1.29 is 23.8 Å². The highest BCUT2D eigenvalue weighted by atomic mass is 19.1. The fourth-order valence-corrected chi connectivity index (χ4v) is 1.22. The molecule has 0 amide bonds. The number of anilines is 1. The van der Waals surface area contributed by atoms with Gasteiger partial charge in [0, 0.05) is 0 Å². The fraction of sp³-hybridized carbons (Fsp3) is 0.273. The monoisotopic (exact) mass is 241 g/mol. The van der Waals surface area contributed by atoms with Crippen molar-refractivity contribution in [2.75, 3.05) is 12.4 Å². The molecule has 92 valence electrons. The maximum Gasteiger partial charge on any atom is 0.339 e. The second-order valence-corrected chi connectivity index (χ2v) is 3.39. The predicted octanol–water partition coefficient (Wildman–Crippen LogP) is 1.50. The molecule has 1 aromatic rings. The Morgan fingerprint density at radius 3 is 2.65 bits per heavy atom. The summed E-state index contributed by atoms with van der Waals surface area (Å²) in [7, 11) is 1.19. The average Bonchev–Trinajstić information content (AvgIpc) is 2.28. The molecule has 17 heavy (non-hydrogen) atoms. The molecule has 0 fully saturated rings. The number of benzene rings is 1. The normalized spacial score (nSPS) is 11.7. The highest BCUT2D eigenvalue weighted by Gasteiger charge is 2.17. The van der Waals surface area contributed by atoms with Crippen molar-refractivity contribution in [3.8, 4) is 0 Å². The van der Waals surface area contributed by atoms with Gasteiger partial charge >= 0.3 is 11.9 Å². The lowest BCUT2D eigenvalue weighted by molar-refractivity contribution is -0.137. The molecule has 0 heterocycles. The molecule has 0 aliphatic heterocycles. The van der Waals surface area contributed by atoms with Crippen LogP contribution in [0, 0.1) is 5.82 Å². The van der Waals surface area contributed by atoms with Gasteiger partial charge in [-0.25, -0.2) is 9.18 Å². The van der Waals surface area contributed by atoms with Gasteiger partial charge in [0.25, 0.3) is 0 Å². The first kappa shape index (κ1) is 13.0. The van der Waals surface area contributed by atoms with Gasteiger partial charge in [0.1, 0.15) is 11.9 Å². The lowest BCUT2D eigenvalue weighted by Crippen LogP contribution is -2.26. The van der Waals surface area contributed by atoms with Gasteiger partial charge < -0.3 is 15.2 Å². The molecule has 0 radical (unpaired) electrons. The highest BCUT2D eigenvalue weighted by molar-refractivity contribution is 5.96. The van der Waals surface area contributed by atoms with E-state index in [1.807, 2.05) is 0 Å². The Morgan fingerprint density at radius 2 is 2.12 bits per heavy atom. The maximum atomic E-state index is 13.0. The number of nitrogens with one attached hydrogen (secondary N) is 1. The first-order chi connectivity index (χ1) is 7.95. The number of carbonyl (C=O) groups is 2. The summed E-state index contributed by atoms with van der Waals surface area (Å²) in [5, 5.41) is 11.3. The molecule has 0 saturated carbocycles. The molecule has 1 aromatic carbocycles. The molecule has 5 nitrogen and oxygen atoms in total. The van der Waals surface area contributed by atoms with Gasteiger partial charge in [-0.1, -0.05) is 0 Å². The van der Waals surface area contributed by atoms with E-state index < -0.39 is 23.8 Å². The molecule has 0 spiro atoms. The maximum absolute atomic E-state index is 13.0. The molecule has 1 rings (SSSR count). The van der Waals surface area contributed by atoms with Crippen molar-refractivity contribution in [1.29, 1.82) is 0 Å². The zero-order valence-electron chi connectivity index (χ0n) is 9.36. The molecule has 2 N–H and O–H groups in total. The number of methoxy groups -OCH3 is 1. The smallest absolute Gasteiger partial charge is 0.339 e. The van der Waals surface area contributed by atoms with E-state index in [1.165, 1.54) is 20.1 Å². The minimum Gasteiger partial charge on any atom is -0.480 e. The third-order valence-corrected chi connectivity index (χ3v) is 2.13. The van der Waals surface area contributed by atoms with Crippen LogP contribution in [0.25, 0.3) is 0 Å². The number of carbonyl (C=O) groups excluding carboxylic acids is 1. The number of aliphatic carboxylic acids is 1. The summed E-state index contributed by atoms with van der Waals surface area (Å²) in [5.74, 6) is -2.34. The van der Waals surface area contributed by atoms with Gasteiger partial charge in [-0.2, -0.15) is 0 Å². The molecule has 0 saturated heterocycles. The number of esters is 1. The average molecular weight is 241 g/mol. The zero-order valence-corrected chi connectivity index (χ0v) is 9.36. The van der Waals surface area contributed by atoms with Gasteiger partial charge in [0.15, 0.2) is 0 Å². The van der Waals surface area contributed by atoms with E-state index in [4.69, 9.17) is 5.11 Å². The lowest BCUT2D eigenvalue weighted by Gasteiger charge is -2.13. The van der Waals surface area contributed by atoms with Crippen molar-refractivity contribution in [3.63, 3.8) is 0 Å². The van der Waals surface area contributed by atoms with Gasteiger partial charge in [-0.15, -0.1) is 0 Å². The van der Waals surface area contributed by atoms with Crippen molar-refractivity contribution in [3.05, 3.63) is 29.6 Å². The second-order valence-electron chi connectivity index (χ2n) is 3.39. The Kier molecular flexibility index (Phi) is 4.03. The minimum atomic E-state index is -1.11. The number of carboxylic acids is 1. The molecular formula is C11H12FNO4. The zero-order chi connectivity index (χ0) is 13.0. The molecule has 1 atom stereocenters. The van der Waals surface area contributed by atoms with E-state index in [-0.39, 0.29) is 11.3 Å². The van der Waals surface area contributed by atoms with Gasteiger partial charge in [-0.05, 0) is 25.1 Å². The molecule has 6 heteroatoms. The van der Waals surface area contributed by atoms with Crippen LogP contribution in [0.15, 0.2) is 18.2 Å². The molecule has 0 aromatic heterocycles. The van der Waals surface area contributed by atoms with Crippen LogP contribution in [0.1, 0.15) is 17.3 Å². The molecular weight excluding hydrogens is 229 g/mol. The SMILES string of the molecule is COC(=O)c1ccc(F)cc1NC(C)C(=O)O. The third kappa shape index (κ3) is 3.17. The van der Waals surface area contributed by atoms with E-state index in [0.717, 1.165) is 12.1 Å². The van der Waals surface area contributed by atoms with Crippen molar-refractivity contribution in [1.82, 2.24) is 0 Å². The molecule has 1 unspecified atom stereocenters. The van der Waals surface area contributed by atoms with Crippen LogP contribution in [0.4, 0.5) is 10.1 Å². The number of hydrogen-bond donors (Lipinski definition) is 2. The summed E-state index contributed by atoms with van der Waals surface area (Å²) < 4.78 is 17.5. The van der Waals surface area contributed by atoms with E-state index in [0.29, 0.717) is 0 Å². The van der Waals surface area contributed by atoms with Gasteiger partial charge in [0.05, 0.1) is 18.4 Å². The number of hydrogen-bond acceptors (Lipinski definition) is 4. The molecule has 0 aliphatic carbocycles. The summed E-state index contributed by atoms with van der Waals surface area (Å²) in [6, 6.07) is 2.44. The summed E-state index contributed by atoms with van der Waals surface area (Å²) in [6.45, 7) is 1.38. The third-order valence-electron chi connectivity index (χ3n) is 2.13. The number of ether oxygens (including phenoxy) is 1. The van der Waals surface area contributed by atoms with Crippen LogP contribution >= 0.6 is 0 Å². The quantitative estimate of drug-likeness (QED) is 0.781. The van der Waals surface area contributed by atoms with E-state index >= 15 is 0 Å². The van der Waals surface area contributed by atoms with Crippen LogP contribution in [-0.2, 0) is 9.53 Å². The summed E-state index contributed by atoms with van der Waals surface area (Å²) in [6.07, 6.45) is 0. The topological polar surface area (TPSA) is 75.6 Å². The lowest BCUT2D eigenvalue weighted by atomic mass is 10.1. The van der Waals surface area contributed by atoms with E-state index in [2.05, 4.69) is 10.1 Å². The van der Waals surface area contributed by atoms with Crippen molar-refractivity contribution in [2.45, 2.75) is 13.0 Å². The first-order valence-electron chi connectivity index (χ1n) is 4.83. The van der Waals surface area contributed by atoms with Crippen LogP contribution in [0.3, 0.4) is 0 Å². The largest absolute Gasteiger partial charge is 0.480 e.